The maximum Gasteiger partial charge on any atom is 0.235 e. The number of hydrogen-bond donors (Lipinski definition) is 2. The van der Waals surface area contributed by atoms with E-state index in [1.54, 1.807) is 0 Å². The molecule has 2 atom stereocenters. The molecule has 2 saturated carbocycles. The molecule has 140 valence electrons. The van der Waals surface area contributed by atoms with Crippen LogP contribution in [-0.2, 0) is 4.79 Å². The first kappa shape index (κ1) is 18.7. The SMILES string of the molecule is N#CC1(NC(=O)CN2C[C@H](O)C[C@H]2C2CCCCC2)CCCCCC1. The molecule has 3 aliphatic rings. The second-order valence-electron chi connectivity index (χ2n) is 8.44. The molecule has 25 heavy (non-hydrogen) atoms. The summed E-state index contributed by atoms with van der Waals surface area (Å²) in [7, 11) is 0. The zero-order valence-electron chi connectivity index (χ0n) is 15.4. The predicted octanol–water partition coefficient (Wildman–Crippen LogP) is 2.73. The van der Waals surface area contributed by atoms with E-state index in [0.29, 0.717) is 25.0 Å². The first-order valence-electron chi connectivity index (χ1n) is 10.3. The van der Waals surface area contributed by atoms with Crippen LogP contribution in [-0.4, -0.2) is 46.7 Å². The van der Waals surface area contributed by atoms with Crippen molar-refractivity contribution in [3.8, 4) is 6.07 Å². The second kappa shape index (κ2) is 8.51. The summed E-state index contributed by atoms with van der Waals surface area (Å²) in [6, 6.07) is 2.72. The quantitative estimate of drug-likeness (QED) is 0.767. The molecule has 5 nitrogen and oxygen atoms in total. The van der Waals surface area contributed by atoms with Gasteiger partial charge in [0.05, 0.1) is 18.7 Å². The van der Waals surface area contributed by atoms with E-state index in [1.807, 2.05) is 0 Å². The van der Waals surface area contributed by atoms with Crippen LogP contribution in [0.3, 0.4) is 0 Å². The van der Waals surface area contributed by atoms with Crippen molar-refractivity contribution in [1.29, 1.82) is 5.26 Å². The van der Waals surface area contributed by atoms with Gasteiger partial charge in [-0.05, 0) is 38.0 Å². The van der Waals surface area contributed by atoms with Gasteiger partial charge in [-0.25, -0.2) is 0 Å². The van der Waals surface area contributed by atoms with Crippen molar-refractivity contribution in [1.82, 2.24) is 10.2 Å². The van der Waals surface area contributed by atoms with Crippen LogP contribution in [0, 0.1) is 17.2 Å². The normalized spacial score (nSPS) is 31.2. The number of β-amino-alcohol motifs (C(OH)–C–C–N with tert-alkyl or cyclic N) is 1. The van der Waals surface area contributed by atoms with Gasteiger partial charge in [-0.1, -0.05) is 44.9 Å². The lowest BCUT2D eigenvalue weighted by Gasteiger charge is -2.34. The number of nitrogens with zero attached hydrogens (tertiary/aromatic N) is 2. The van der Waals surface area contributed by atoms with Crippen LogP contribution in [0.25, 0.3) is 0 Å². The van der Waals surface area contributed by atoms with Crippen molar-refractivity contribution >= 4 is 5.91 Å². The van der Waals surface area contributed by atoms with Crippen molar-refractivity contribution in [2.75, 3.05) is 13.1 Å². The van der Waals surface area contributed by atoms with Gasteiger partial charge < -0.3 is 10.4 Å². The largest absolute Gasteiger partial charge is 0.392 e. The van der Waals surface area contributed by atoms with E-state index in [4.69, 9.17) is 0 Å². The van der Waals surface area contributed by atoms with E-state index in [-0.39, 0.29) is 12.0 Å². The second-order valence-corrected chi connectivity index (χ2v) is 8.44. The Labute approximate surface area is 151 Å². The zero-order valence-corrected chi connectivity index (χ0v) is 15.4. The third-order valence-corrected chi connectivity index (χ3v) is 6.52. The van der Waals surface area contributed by atoms with Crippen molar-refractivity contribution in [2.45, 2.75) is 94.7 Å². The third-order valence-electron chi connectivity index (χ3n) is 6.52. The van der Waals surface area contributed by atoms with Crippen LogP contribution in [0.2, 0.25) is 0 Å². The number of amides is 1. The van der Waals surface area contributed by atoms with Crippen LogP contribution in [0.1, 0.15) is 77.0 Å². The van der Waals surface area contributed by atoms with Crippen molar-refractivity contribution < 1.29 is 9.90 Å². The van der Waals surface area contributed by atoms with Crippen LogP contribution >= 0.6 is 0 Å². The van der Waals surface area contributed by atoms with E-state index >= 15 is 0 Å². The van der Waals surface area contributed by atoms with E-state index in [2.05, 4.69) is 16.3 Å². The fourth-order valence-corrected chi connectivity index (χ4v) is 5.19. The number of hydrogen-bond acceptors (Lipinski definition) is 4. The highest BCUT2D eigenvalue weighted by atomic mass is 16.3. The summed E-state index contributed by atoms with van der Waals surface area (Å²) in [6.07, 6.45) is 12.7. The van der Waals surface area contributed by atoms with Crippen molar-refractivity contribution in [2.24, 2.45) is 5.92 Å². The summed E-state index contributed by atoms with van der Waals surface area (Å²) < 4.78 is 0. The minimum Gasteiger partial charge on any atom is -0.392 e. The number of likely N-dealkylation sites (tertiary alicyclic amines) is 1. The van der Waals surface area contributed by atoms with E-state index in [0.717, 1.165) is 44.9 Å². The number of carbonyl (C=O) groups excluding carboxylic acids is 1. The molecule has 0 aromatic carbocycles. The highest BCUT2D eigenvalue weighted by Crippen LogP contribution is 2.34. The maximum absolute atomic E-state index is 12.7. The predicted molar refractivity (Wildman–Crippen MR) is 96.7 cm³/mol. The fourth-order valence-electron chi connectivity index (χ4n) is 5.19. The monoisotopic (exact) mass is 347 g/mol. The summed E-state index contributed by atoms with van der Waals surface area (Å²) in [4.78, 5) is 14.9. The van der Waals surface area contributed by atoms with E-state index in [9.17, 15) is 15.2 Å². The molecule has 0 bridgehead atoms. The number of nitriles is 1. The highest BCUT2D eigenvalue weighted by molar-refractivity contribution is 5.79. The summed E-state index contributed by atoms with van der Waals surface area (Å²) in [6.45, 7) is 0.912. The number of rotatable bonds is 4. The Morgan fingerprint density at radius 3 is 2.40 bits per heavy atom. The maximum atomic E-state index is 12.7. The Morgan fingerprint density at radius 1 is 1.12 bits per heavy atom. The summed E-state index contributed by atoms with van der Waals surface area (Å²) in [5.41, 5.74) is -0.674. The number of carbonyl (C=O) groups is 1. The lowest BCUT2D eigenvalue weighted by molar-refractivity contribution is -0.124. The average Bonchev–Trinajstić information content (AvgIpc) is 2.82. The molecule has 3 fully saturated rings. The zero-order chi connectivity index (χ0) is 17.7. The molecular formula is C20H33N3O2. The van der Waals surface area contributed by atoms with E-state index in [1.165, 1.54) is 32.1 Å². The topological polar surface area (TPSA) is 76.4 Å². The molecule has 0 aromatic rings. The minimum atomic E-state index is -0.674. The highest BCUT2D eigenvalue weighted by Gasteiger charge is 2.39. The number of aliphatic hydroxyl groups excluding tert-OH is 1. The van der Waals surface area contributed by atoms with Gasteiger partial charge in [-0.3, -0.25) is 9.69 Å². The molecule has 1 heterocycles. The number of nitrogens with one attached hydrogen (secondary N) is 1. The van der Waals surface area contributed by atoms with Crippen LogP contribution < -0.4 is 5.32 Å². The van der Waals surface area contributed by atoms with Crippen molar-refractivity contribution in [3.63, 3.8) is 0 Å². The molecule has 2 N–H and O–H groups in total. The Bertz CT molecular complexity index is 488. The van der Waals surface area contributed by atoms with E-state index < -0.39 is 5.54 Å². The molecular weight excluding hydrogens is 314 g/mol. The van der Waals surface area contributed by atoms with Gasteiger partial charge in [-0.15, -0.1) is 0 Å². The van der Waals surface area contributed by atoms with Gasteiger partial charge >= 0.3 is 0 Å². The Hall–Kier alpha value is -1.12. The third kappa shape index (κ3) is 4.74. The van der Waals surface area contributed by atoms with Gasteiger partial charge in [0.1, 0.15) is 5.54 Å². The van der Waals surface area contributed by atoms with Crippen LogP contribution in [0.15, 0.2) is 0 Å². The lowest BCUT2D eigenvalue weighted by Crippen LogP contribution is -2.51. The first-order valence-corrected chi connectivity index (χ1v) is 10.3. The smallest absolute Gasteiger partial charge is 0.235 e. The Balaban J connectivity index is 1.59. The summed E-state index contributed by atoms with van der Waals surface area (Å²) in [5, 5.41) is 22.9. The molecule has 1 aliphatic heterocycles. The first-order chi connectivity index (χ1) is 12.1. The average molecular weight is 348 g/mol. The van der Waals surface area contributed by atoms with Crippen molar-refractivity contribution in [3.05, 3.63) is 0 Å². The molecule has 0 aromatic heterocycles. The lowest BCUT2D eigenvalue weighted by atomic mass is 9.82. The van der Waals surface area contributed by atoms with Gasteiger partial charge in [0.2, 0.25) is 5.91 Å². The molecule has 3 rings (SSSR count). The van der Waals surface area contributed by atoms with Crippen LogP contribution in [0.4, 0.5) is 0 Å². The molecule has 0 spiro atoms. The fraction of sp³-hybridized carbons (Fsp3) is 0.900. The number of aliphatic hydroxyl groups is 1. The van der Waals surface area contributed by atoms with Gasteiger partial charge in [-0.2, -0.15) is 5.26 Å². The molecule has 1 saturated heterocycles. The van der Waals surface area contributed by atoms with Gasteiger partial charge in [0, 0.05) is 12.6 Å². The standard InChI is InChI=1S/C20H33N3O2/c21-15-20(10-6-1-2-7-11-20)22-19(25)14-23-13-17(24)12-18(23)16-8-4-3-5-9-16/h16-18,24H,1-14H2,(H,22,25)/t17-,18+/m1/s1. The molecule has 1 amide bonds. The van der Waals surface area contributed by atoms with Gasteiger partial charge in [0.15, 0.2) is 0 Å². The van der Waals surface area contributed by atoms with Crippen LogP contribution in [0.5, 0.6) is 0 Å². The minimum absolute atomic E-state index is 0.0432. The van der Waals surface area contributed by atoms with Gasteiger partial charge in [0.25, 0.3) is 0 Å². The summed E-state index contributed by atoms with van der Waals surface area (Å²) in [5.74, 6) is 0.569. The molecule has 2 aliphatic carbocycles. The Kier molecular flexibility index (Phi) is 6.35. The summed E-state index contributed by atoms with van der Waals surface area (Å²) >= 11 is 0. The molecule has 0 radical (unpaired) electrons. The Morgan fingerprint density at radius 2 is 1.76 bits per heavy atom. The molecule has 5 heteroatoms. The molecule has 0 unspecified atom stereocenters.